The second-order valence-corrected chi connectivity index (χ2v) is 5.85. The van der Waals surface area contributed by atoms with Crippen molar-refractivity contribution in [3.05, 3.63) is 12.3 Å². The van der Waals surface area contributed by atoms with Crippen molar-refractivity contribution in [2.45, 2.75) is 26.8 Å². The van der Waals surface area contributed by atoms with Crippen LogP contribution in [0.1, 0.15) is 20.3 Å². The predicted molar refractivity (Wildman–Crippen MR) is 81.1 cm³/mol. The number of hydrogen-bond acceptors (Lipinski definition) is 4. The number of nitrogens with zero attached hydrogens (tertiary/aromatic N) is 4. The van der Waals surface area contributed by atoms with Crippen molar-refractivity contribution in [2.75, 3.05) is 46.0 Å². The molecule has 0 unspecified atom stereocenters. The van der Waals surface area contributed by atoms with E-state index in [0.29, 0.717) is 11.7 Å². The Hall–Kier alpha value is -1.07. The molecule has 0 aromatic carbocycles. The Morgan fingerprint density at radius 2 is 2.00 bits per heavy atom. The Labute approximate surface area is 117 Å². The summed E-state index contributed by atoms with van der Waals surface area (Å²) in [6, 6.07) is 1.85. The molecule has 0 aliphatic rings. The van der Waals surface area contributed by atoms with E-state index in [-0.39, 0.29) is 0 Å². The third-order valence-corrected chi connectivity index (χ3v) is 3.01. The number of aromatic nitrogens is 2. The third kappa shape index (κ3) is 7.18. The summed E-state index contributed by atoms with van der Waals surface area (Å²) in [6.07, 6.45) is 3.06. The first-order chi connectivity index (χ1) is 8.97. The summed E-state index contributed by atoms with van der Waals surface area (Å²) in [5, 5.41) is 4.21. The van der Waals surface area contributed by atoms with Crippen molar-refractivity contribution in [3.8, 4) is 0 Å². The van der Waals surface area contributed by atoms with Gasteiger partial charge in [0.25, 0.3) is 0 Å². The molecule has 0 atom stereocenters. The zero-order valence-corrected chi connectivity index (χ0v) is 12.8. The fraction of sp³-hybridized carbons (Fsp3) is 0.786. The lowest BCUT2D eigenvalue weighted by Gasteiger charge is -2.25. The number of anilines is 1. The van der Waals surface area contributed by atoms with Gasteiger partial charge in [-0.2, -0.15) is 5.10 Å². The Balaban J connectivity index is 2.30. The summed E-state index contributed by atoms with van der Waals surface area (Å²) in [7, 11) is 4.25. The summed E-state index contributed by atoms with van der Waals surface area (Å²) in [5.41, 5.74) is 5.61. The van der Waals surface area contributed by atoms with E-state index in [1.807, 2.05) is 16.9 Å². The second-order valence-electron chi connectivity index (χ2n) is 5.85. The van der Waals surface area contributed by atoms with Gasteiger partial charge in [-0.05, 0) is 39.0 Å². The minimum Gasteiger partial charge on any atom is -0.382 e. The number of nitrogens with two attached hydrogens (primary N) is 1. The molecule has 110 valence electrons. The smallest absolute Gasteiger partial charge is 0.145 e. The molecule has 0 bridgehead atoms. The highest BCUT2D eigenvalue weighted by atomic mass is 15.3. The summed E-state index contributed by atoms with van der Waals surface area (Å²) in [4.78, 5) is 4.78. The summed E-state index contributed by atoms with van der Waals surface area (Å²) < 4.78 is 1.93. The van der Waals surface area contributed by atoms with Gasteiger partial charge < -0.3 is 15.5 Å². The van der Waals surface area contributed by atoms with Crippen molar-refractivity contribution >= 4 is 5.82 Å². The van der Waals surface area contributed by atoms with Crippen molar-refractivity contribution in [3.63, 3.8) is 0 Å². The van der Waals surface area contributed by atoms with E-state index in [9.17, 15) is 0 Å². The molecule has 0 aliphatic carbocycles. The van der Waals surface area contributed by atoms with E-state index in [2.05, 4.69) is 42.8 Å². The fourth-order valence-corrected chi connectivity index (χ4v) is 2.11. The summed E-state index contributed by atoms with van der Waals surface area (Å²) in [5.74, 6) is 1.31. The minimum absolute atomic E-state index is 0.603. The molecule has 0 amide bonds. The van der Waals surface area contributed by atoms with E-state index in [4.69, 9.17) is 5.73 Å². The standard InChI is InChI=1S/C14H29N5/c1-13(2)12-18(11-10-17(3)4)7-5-8-19-9-6-14(15)16-19/h6,9,13H,5,7-8,10-12H2,1-4H3,(H2,15,16). The number of likely N-dealkylation sites (N-methyl/N-ethyl adjacent to an activating group) is 1. The number of hydrogen-bond donors (Lipinski definition) is 1. The molecule has 0 saturated heterocycles. The van der Waals surface area contributed by atoms with Crippen LogP contribution in [0, 0.1) is 5.92 Å². The third-order valence-electron chi connectivity index (χ3n) is 3.01. The van der Waals surface area contributed by atoms with Crippen molar-refractivity contribution in [1.29, 1.82) is 0 Å². The van der Waals surface area contributed by atoms with Crippen molar-refractivity contribution < 1.29 is 0 Å². The summed E-state index contributed by atoms with van der Waals surface area (Å²) >= 11 is 0. The first-order valence-corrected chi connectivity index (χ1v) is 7.13. The average molecular weight is 267 g/mol. The maximum absolute atomic E-state index is 5.61. The lowest BCUT2D eigenvalue weighted by atomic mass is 10.2. The molecular formula is C14H29N5. The van der Waals surface area contributed by atoms with Gasteiger partial charge in [0.1, 0.15) is 5.82 Å². The van der Waals surface area contributed by atoms with Crippen molar-refractivity contribution in [1.82, 2.24) is 19.6 Å². The molecule has 1 heterocycles. The molecular weight excluding hydrogens is 238 g/mol. The van der Waals surface area contributed by atoms with Crippen LogP contribution in [0.3, 0.4) is 0 Å². The van der Waals surface area contributed by atoms with Crippen LogP contribution in [0.25, 0.3) is 0 Å². The van der Waals surface area contributed by atoms with Gasteiger partial charge in [-0.3, -0.25) is 4.68 Å². The zero-order chi connectivity index (χ0) is 14.3. The van der Waals surface area contributed by atoms with E-state index >= 15 is 0 Å². The Kier molecular flexibility index (Phi) is 6.87. The molecule has 1 rings (SSSR count). The molecule has 0 radical (unpaired) electrons. The topological polar surface area (TPSA) is 50.3 Å². The van der Waals surface area contributed by atoms with Crippen LogP contribution in [-0.2, 0) is 6.54 Å². The zero-order valence-electron chi connectivity index (χ0n) is 12.8. The molecule has 0 fully saturated rings. The van der Waals surface area contributed by atoms with Crippen LogP contribution in [0.2, 0.25) is 0 Å². The van der Waals surface area contributed by atoms with Crippen LogP contribution in [-0.4, -0.2) is 59.9 Å². The van der Waals surface area contributed by atoms with E-state index in [1.165, 1.54) is 0 Å². The Bertz CT molecular complexity index is 345. The van der Waals surface area contributed by atoms with Gasteiger partial charge in [-0.1, -0.05) is 13.8 Å². The van der Waals surface area contributed by atoms with Gasteiger partial charge in [0.2, 0.25) is 0 Å². The van der Waals surface area contributed by atoms with Gasteiger partial charge >= 0.3 is 0 Å². The van der Waals surface area contributed by atoms with Crippen LogP contribution in [0.5, 0.6) is 0 Å². The molecule has 5 nitrogen and oxygen atoms in total. The lowest BCUT2D eigenvalue weighted by Crippen LogP contribution is -2.35. The van der Waals surface area contributed by atoms with Crippen LogP contribution in [0.4, 0.5) is 5.82 Å². The maximum Gasteiger partial charge on any atom is 0.145 e. The Morgan fingerprint density at radius 1 is 1.26 bits per heavy atom. The molecule has 1 aromatic heterocycles. The van der Waals surface area contributed by atoms with E-state index in [1.54, 1.807) is 0 Å². The quantitative estimate of drug-likeness (QED) is 0.734. The summed E-state index contributed by atoms with van der Waals surface area (Å²) in [6.45, 7) is 10.0. The second kappa shape index (κ2) is 8.17. The van der Waals surface area contributed by atoms with Gasteiger partial charge in [0.15, 0.2) is 0 Å². The van der Waals surface area contributed by atoms with E-state index < -0.39 is 0 Å². The van der Waals surface area contributed by atoms with Crippen LogP contribution in [0.15, 0.2) is 12.3 Å². The van der Waals surface area contributed by atoms with Crippen LogP contribution >= 0.6 is 0 Å². The molecule has 0 saturated carbocycles. The highest BCUT2D eigenvalue weighted by Crippen LogP contribution is 2.02. The highest BCUT2D eigenvalue weighted by Gasteiger charge is 2.07. The van der Waals surface area contributed by atoms with Gasteiger partial charge in [0, 0.05) is 32.4 Å². The Morgan fingerprint density at radius 3 is 2.53 bits per heavy atom. The minimum atomic E-state index is 0.603. The molecule has 0 spiro atoms. The van der Waals surface area contributed by atoms with Gasteiger partial charge in [0.05, 0.1) is 0 Å². The molecule has 5 heteroatoms. The van der Waals surface area contributed by atoms with Gasteiger partial charge in [-0.15, -0.1) is 0 Å². The number of aryl methyl sites for hydroxylation is 1. The maximum atomic E-state index is 5.61. The van der Waals surface area contributed by atoms with Crippen molar-refractivity contribution in [2.24, 2.45) is 5.92 Å². The lowest BCUT2D eigenvalue weighted by molar-refractivity contribution is 0.213. The number of rotatable bonds is 9. The first kappa shape index (κ1) is 16.0. The molecule has 1 aromatic rings. The predicted octanol–water partition coefficient (Wildman–Crippen LogP) is 1.38. The monoisotopic (exact) mass is 267 g/mol. The highest BCUT2D eigenvalue weighted by molar-refractivity contribution is 5.23. The SMILES string of the molecule is CC(C)CN(CCCn1ccc(N)n1)CCN(C)C. The largest absolute Gasteiger partial charge is 0.382 e. The number of nitrogen functional groups attached to an aromatic ring is 1. The molecule has 2 N–H and O–H groups in total. The normalized spacial score (nSPS) is 11.9. The molecule has 0 aliphatic heterocycles. The fourth-order valence-electron chi connectivity index (χ4n) is 2.11. The van der Waals surface area contributed by atoms with Gasteiger partial charge in [-0.25, -0.2) is 0 Å². The first-order valence-electron chi connectivity index (χ1n) is 7.13. The van der Waals surface area contributed by atoms with Crippen LogP contribution < -0.4 is 5.73 Å². The molecule has 19 heavy (non-hydrogen) atoms. The average Bonchev–Trinajstić information content (AvgIpc) is 2.71. The van der Waals surface area contributed by atoms with E-state index in [0.717, 1.165) is 39.1 Å².